The zero-order chi connectivity index (χ0) is 27.2. The highest BCUT2D eigenvalue weighted by atomic mass is 16.5. The Balaban J connectivity index is 1.61. The fourth-order valence-electron chi connectivity index (χ4n) is 4.07. The van der Waals surface area contributed by atoms with Gasteiger partial charge in [0.25, 0.3) is 17.7 Å². The summed E-state index contributed by atoms with van der Waals surface area (Å²) >= 11 is 0. The molecule has 2 aromatic rings. The monoisotopic (exact) mass is 506 g/mol. The second kappa shape index (κ2) is 12.0. The molecule has 1 fully saturated rings. The first-order chi connectivity index (χ1) is 17.6. The van der Waals surface area contributed by atoms with Gasteiger partial charge in [0.2, 0.25) is 0 Å². The molecule has 0 radical (unpaired) electrons. The van der Waals surface area contributed by atoms with Crippen molar-refractivity contribution in [1.29, 1.82) is 0 Å². The van der Waals surface area contributed by atoms with Gasteiger partial charge in [0, 0.05) is 50.4 Å². The minimum atomic E-state index is -1.94. The highest BCUT2D eigenvalue weighted by Gasteiger charge is 2.47. The van der Waals surface area contributed by atoms with Crippen LogP contribution in [0.5, 0.6) is 0 Å². The number of nitrogens with one attached hydrogen (secondary N) is 2. The van der Waals surface area contributed by atoms with Crippen molar-refractivity contribution in [2.45, 2.75) is 45.1 Å². The number of rotatable bonds is 8. The normalized spacial score (nSPS) is 15.1. The molecule has 1 aliphatic heterocycles. The third-order valence-corrected chi connectivity index (χ3v) is 6.42. The first kappa shape index (κ1) is 27.9. The van der Waals surface area contributed by atoms with Crippen LogP contribution in [0.3, 0.4) is 0 Å². The van der Waals surface area contributed by atoms with Crippen molar-refractivity contribution in [1.82, 2.24) is 20.6 Å². The Morgan fingerprint density at radius 3 is 2.08 bits per heavy atom. The molecule has 1 atom stereocenters. The van der Waals surface area contributed by atoms with Gasteiger partial charge in [-0.15, -0.1) is 0 Å². The summed E-state index contributed by atoms with van der Waals surface area (Å²) in [5.41, 5.74) is 2.60. The summed E-state index contributed by atoms with van der Waals surface area (Å²) in [6.07, 6.45) is 0.584. The van der Waals surface area contributed by atoms with E-state index in [4.69, 9.17) is 9.94 Å². The summed E-state index contributed by atoms with van der Waals surface area (Å²) in [5.74, 6) is 3.89. The number of ether oxygens (including phenoxy) is 1. The maximum absolute atomic E-state index is 13.0. The molecule has 3 rings (SSSR count). The van der Waals surface area contributed by atoms with Crippen LogP contribution >= 0.6 is 0 Å². The molecule has 0 bridgehead atoms. The van der Waals surface area contributed by atoms with E-state index in [0.29, 0.717) is 11.7 Å². The van der Waals surface area contributed by atoms with E-state index in [9.17, 15) is 14.4 Å². The van der Waals surface area contributed by atoms with Crippen LogP contribution in [-0.2, 0) is 20.9 Å². The van der Waals surface area contributed by atoms with E-state index in [0.717, 1.165) is 30.1 Å². The Hall–Kier alpha value is -3.71. The van der Waals surface area contributed by atoms with Crippen LogP contribution in [0.1, 0.15) is 47.8 Å². The lowest BCUT2D eigenvalue weighted by Gasteiger charge is -2.39. The number of hydrogen-bond acceptors (Lipinski definition) is 6. The summed E-state index contributed by atoms with van der Waals surface area (Å²) in [4.78, 5) is 40.8. The maximum Gasteiger partial charge on any atom is 0.278 e. The number of hydroxylamine groups is 1. The smallest absolute Gasteiger partial charge is 0.278 e. The van der Waals surface area contributed by atoms with Gasteiger partial charge >= 0.3 is 0 Å². The van der Waals surface area contributed by atoms with Gasteiger partial charge in [0.1, 0.15) is 0 Å². The fourth-order valence-corrected chi connectivity index (χ4v) is 4.07. The second-order valence-electron chi connectivity index (χ2n) is 9.48. The molecule has 2 aromatic carbocycles. The Labute approximate surface area is 217 Å². The van der Waals surface area contributed by atoms with Crippen molar-refractivity contribution in [3.8, 4) is 11.8 Å². The van der Waals surface area contributed by atoms with Gasteiger partial charge in [0.05, 0.1) is 12.2 Å². The van der Waals surface area contributed by atoms with Crippen molar-refractivity contribution in [2.24, 2.45) is 0 Å². The maximum atomic E-state index is 13.0. The average molecular weight is 507 g/mol. The fraction of sp³-hybridized carbons (Fsp3) is 0.393. The molecule has 9 nitrogen and oxygen atoms in total. The van der Waals surface area contributed by atoms with E-state index in [-0.39, 0.29) is 11.7 Å². The first-order valence-electron chi connectivity index (χ1n) is 12.1. The van der Waals surface area contributed by atoms with Crippen molar-refractivity contribution < 1.29 is 24.3 Å². The average Bonchev–Trinajstić information content (AvgIpc) is 2.89. The zero-order valence-electron chi connectivity index (χ0n) is 21.9. The first-order valence-corrected chi connectivity index (χ1v) is 12.1. The summed E-state index contributed by atoms with van der Waals surface area (Å²) in [6.45, 7) is 8.15. The molecule has 1 aliphatic rings. The molecule has 0 saturated carbocycles. The van der Waals surface area contributed by atoms with E-state index in [1.165, 1.54) is 32.1 Å². The van der Waals surface area contributed by atoms with E-state index in [1.54, 1.807) is 24.3 Å². The van der Waals surface area contributed by atoms with Gasteiger partial charge < -0.3 is 15.0 Å². The summed E-state index contributed by atoms with van der Waals surface area (Å²) in [5, 5.41) is 11.4. The van der Waals surface area contributed by atoms with Gasteiger partial charge in [-0.2, -0.15) is 0 Å². The van der Waals surface area contributed by atoms with Crippen LogP contribution in [0, 0.1) is 11.8 Å². The van der Waals surface area contributed by atoms with Gasteiger partial charge in [-0.05, 0) is 62.7 Å². The van der Waals surface area contributed by atoms with Crippen molar-refractivity contribution in [2.75, 3.05) is 27.2 Å². The molecule has 37 heavy (non-hydrogen) atoms. The molecular weight excluding hydrogens is 472 g/mol. The van der Waals surface area contributed by atoms with Crippen LogP contribution in [0.15, 0.2) is 48.5 Å². The largest absolute Gasteiger partial charge is 0.373 e. The number of nitrogens with zero attached hydrogens (tertiary/aromatic N) is 2. The third kappa shape index (κ3) is 6.54. The topological polar surface area (TPSA) is 111 Å². The molecule has 0 aromatic heterocycles. The summed E-state index contributed by atoms with van der Waals surface area (Å²) in [7, 11) is 2.67. The van der Waals surface area contributed by atoms with Crippen LogP contribution in [-0.4, -0.2) is 77.7 Å². The lowest BCUT2D eigenvalue weighted by atomic mass is 9.96. The Morgan fingerprint density at radius 2 is 1.59 bits per heavy atom. The van der Waals surface area contributed by atoms with Crippen LogP contribution in [0.4, 0.5) is 0 Å². The Kier molecular flexibility index (Phi) is 9.05. The van der Waals surface area contributed by atoms with Gasteiger partial charge in [-0.1, -0.05) is 24.0 Å². The molecule has 0 aliphatic carbocycles. The SMILES string of the molecule is CNC(=O)C(C)(C(=O)NO)N(C)C(=O)c1ccc(C#Cc2ccc(CN3CC(OC(C)C)C3)cc2)cc1. The number of benzene rings is 2. The number of carbonyl (C=O) groups excluding carboxylic acids is 3. The van der Waals surface area contributed by atoms with Crippen molar-refractivity contribution in [3.63, 3.8) is 0 Å². The third-order valence-electron chi connectivity index (χ3n) is 6.42. The van der Waals surface area contributed by atoms with Gasteiger partial charge in [0.15, 0.2) is 5.54 Å². The van der Waals surface area contributed by atoms with Gasteiger partial charge in [-0.25, -0.2) is 5.48 Å². The van der Waals surface area contributed by atoms with Crippen LogP contribution in [0.2, 0.25) is 0 Å². The predicted molar refractivity (Wildman–Crippen MR) is 139 cm³/mol. The number of carbonyl (C=O) groups is 3. The molecular formula is C28H34N4O5. The molecule has 3 amide bonds. The molecule has 0 spiro atoms. The van der Waals surface area contributed by atoms with Crippen LogP contribution in [0.25, 0.3) is 0 Å². The lowest BCUT2D eigenvalue weighted by molar-refractivity contribution is -0.148. The highest BCUT2D eigenvalue weighted by Crippen LogP contribution is 2.19. The molecule has 3 N–H and O–H groups in total. The molecule has 1 heterocycles. The number of likely N-dealkylation sites (N-methyl/N-ethyl adjacent to an activating group) is 2. The molecule has 1 saturated heterocycles. The van der Waals surface area contributed by atoms with Crippen LogP contribution < -0.4 is 10.8 Å². The quantitative estimate of drug-likeness (QED) is 0.218. The summed E-state index contributed by atoms with van der Waals surface area (Å²) < 4.78 is 5.80. The van der Waals surface area contributed by atoms with E-state index >= 15 is 0 Å². The van der Waals surface area contributed by atoms with Gasteiger partial charge in [-0.3, -0.25) is 24.5 Å². The van der Waals surface area contributed by atoms with Crippen molar-refractivity contribution >= 4 is 17.7 Å². The summed E-state index contributed by atoms with van der Waals surface area (Å²) in [6, 6.07) is 14.7. The van der Waals surface area contributed by atoms with E-state index in [1.807, 2.05) is 12.1 Å². The van der Waals surface area contributed by atoms with E-state index < -0.39 is 23.3 Å². The van der Waals surface area contributed by atoms with Crippen molar-refractivity contribution in [3.05, 3.63) is 70.8 Å². The Morgan fingerprint density at radius 1 is 1.05 bits per heavy atom. The Bertz CT molecular complexity index is 1160. The lowest BCUT2D eigenvalue weighted by Crippen LogP contribution is -2.64. The van der Waals surface area contributed by atoms with E-state index in [2.05, 4.69) is 48.0 Å². The molecule has 196 valence electrons. The highest BCUT2D eigenvalue weighted by molar-refractivity contribution is 6.12. The molecule has 1 unspecified atom stereocenters. The minimum Gasteiger partial charge on any atom is -0.373 e. The zero-order valence-corrected chi connectivity index (χ0v) is 21.9. The minimum absolute atomic E-state index is 0.257. The predicted octanol–water partition coefficient (Wildman–Crippen LogP) is 1.78. The molecule has 9 heteroatoms. The second-order valence-corrected chi connectivity index (χ2v) is 9.48. The standard InChI is InChI=1S/C28H34N4O5/c1-19(2)37-24-17-32(18-24)16-22-10-8-20(9-11-22)6-7-21-12-14-23(15-13-21)25(33)31(5)28(3,26(34)29-4)27(35)30-36/h8-15,19,24,36H,16-18H2,1-5H3,(H,29,34)(H,30,35). The number of hydrogen-bond donors (Lipinski definition) is 3. The number of amides is 3. The number of likely N-dealkylation sites (tertiary alicyclic amines) is 1.